The van der Waals surface area contributed by atoms with Crippen LogP contribution in [0.2, 0.25) is 0 Å². The number of nitrogens with zero attached hydrogens (tertiary/aromatic N) is 1. The Morgan fingerprint density at radius 1 is 1.57 bits per heavy atom. The van der Waals surface area contributed by atoms with Crippen molar-refractivity contribution < 1.29 is 9.90 Å². The summed E-state index contributed by atoms with van der Waals surface area (Å²) < 4.78 is 0. The number of aliphatic carboxylic acids is 1. The van der Waals surface area contributed by atoms with E-state index in [9.17, 15) is 4.79 Å². The summed E-state index contributed by atoms with van der Waals surface area (Å²) in [7, 11) is 0. The van der Waals surface area contributed by atoms with E-state index in [1.54, 1.807) is 12.4 Å². The third kappa shape index (κ3) is 2.83. The van der Waals surface area contributed by atoms with Crippen LogP contribution in [0.4, 0.5) is 0 Å². The van der Waals surface area contributed by atoms with Crippen LogP contribution in [-0.2, 0) is 11.2 Å². The molecule has 3 nitrogen and oxygen atoms in total. The molecule has 0 saturated carbocycles. The Kier molecular flexibility index (Phi) is 3.63. The molecule has 1 aromatic heterocycles. The van der Waals surface area contributed by atoms with Crippen molar-refractivity contribution in [3.63, 3.8) is 0 Å². The smallest absolute Gasteiger partial charge is 0.303 e. The van der Waals surface area contributed by atoms with Crippen LogP contribution in [0.3, 0.4) is 0 Å². The van der Waals surface area contributed by atoms with Gasteiger partial charge in [0.05, 0.1) is 0 Å². The van der Waals surface area contributed by atoms with Crippen LogP contribution in [-0.4, -0.2) is 16.1 Å². The largest absolute Gasteiger partial charge is 0.481 e. The second kappa shape index (κ2) is 4.74. The molecule has 76 valence electrons. The highest BCUT2D eigenvalue weighted by Crippen LogP contribution is 2.19. The average Bonchev–Trinajstić information content (AvgIpc) is 2.15. The molecular formula is C11H15NO2. The minimum absolute atomic E-state index is 0.172. The number of aromatic nitrogens is 1. The summed E-state index contributed by atoms with van der Waals surface area (Å²) in [5.41, 5.74) is 2.24. The molecule has 0 spiro atoms. The van der Waals surface area contributed by atoms with Gasteiger partial charge >= 0.3 is 5.97 Å². The van der Waals surface area contributed by atoms with Gasteiger partial charge in [0.1, 0.15) is 0 Å². The molecule has 1 aromatic rings. The van der Waals surface area contributed by atoms with Gasteiger partial charge in [0.25, 0.3) is 0 Å². The van der Waals surface area contributed by atoms with Gasteiger partial charge in [-0.25, -0.2) is 0 Å². The highest BCUT2D eigenvalue weighted by Gasteiger charge is 2.07. The fourth-order valence-electron chi connectivity index (χ4n) is 1.45. The van der Waals surface area contributed by atoms with Crippen LogP contribution < -0.4 is 0 Å². The van der Waals surface area contributed by atoms with Crippen molar-refractivity contribution >= 4 is 5.97 Å². The van der Waals surface area contributed by atoms with Crippen molar-refractivity contribution in [1.82, 2.24) is 4.98 Å². The minimum Gasteiger partial charge on any atom is -0.481 e. The summed E-state index contributed by atoms with van der Waals surface area (Å²) in [5, 5.41) is 8.58. The highest BCUT2D eigenvalue weighted by atomic mass is 16.4. The fraction of sp³-hybridized carbons (Fsp3) is 0.455. The first-order valence-corrected chi connectivity index (χ1v) is 4.76. The fourth-order valence-corrected chi connectivity index (χ4v) is 1.45. The summed E-state index contributed by atoms with van der Waals surface area (Å²) in [4.78, 5) is 14.4. The summed E-state index contributed by atoms with van der Waals surface area (Å²) >= 11 is 0. The van der Waals surface area contributed by atoms with Gasteiger partial charge in [-0.15, -0.1) is 0 Å². The predicted molar refractivity (Wildman–Crippen MR) is 54.3 cm³/mol. The van der Waals surface area contributed by atoms with Gasteiger partial charge in [0.2, 0.25) is 0 Å². The zero-order valence-corrected chi connectivity index (χ0v) is 8.53. The van der Waals surface area contributed by atoms with E-state index in [2.05, 4.69) is 18.8 Å². The van der Waals surface area contributed by atoms with Crippen LogP contribution in [0.25, 0.3) is 0 Å². The first kappa shape index (κ1) is 10.7. The standard InChI is InChI=1S/C11H15NO2/c1-8(2)10-5-6-12-7-9(10)3-4-11(13)14/h5-8H,3-4H2,1-2H3,(H,13,14). The maximum absolute atomic E-state index is 10.4. The second-order valence-corrected chi connectivity index (χ2v) is 3.62. The number of rotatable bonds is 4. The molecular weight excluding hydrogens is 178 g/mol. The van der Waals surface area contributed by atoms with E-state index < -0.39 is 5.97 Å². The molecule has 0 atom stereocenters. The van der Waals surface area contributed by atoms with Gasteiger partial charge in [-0.05, 0) is 29.5 Å². The number of carbonyl (C=O) groups is 1. The Balaban J connectivity index is 2.79. The van der Waals surface area contributed by atoms with Gasteiger partial charge in [0.15, 0.2) is 0 Å². The molecule has 1 rings (SSSR count). The van der Waals surface area contributed by atoms with Crippen molar-refractivity contribution in [2.24, 2.45) is 0 Å². The maximum atomic E-state index is 10.4. The Morgan fingerprint density at radius 3 is 2.86 bits per heavy atom. The van der Waals surface area contributed by atoms with Crippen LogP contribution in [0.1, 0.15) is 37.3 Å². The average molecular weight is 193 g/mol. The number of pyridine rings is 1. The van der Waals surface area contributed by atoms with E-state index in [-0.39, 0.29) is 6.42 Å². The molecule has 0 amide bonds. The number of aryl methyl sites for hydroxylation is 1. The summed E-state index contributed by atoms with van der Waals surface area (Å²) in [5.74, 6) is -0.342. The lowest BCUT2D eigenvalue weighted by Crippen LogP contribution is -2.02. The zero-order chi connectivity index (χ0) is 10.6. The Bertz CT molecular complexity index is 321. The summed E-state index contributed by atoms with van der Waals surface area (Å²) in [6.07, 6.45) is 4.25. The highest BCUT2D eigenvalue weighted by molar-refractivity contribution is 5.67. The van der Waals surface area contributed by atoms with Crippen molar-refractivity contribution in [1.29, 1.82) is 0 Å². The van der Waals surface area contributed by atoms with E-state index in [0.29, 0.717) is 12.3 Å². The molecule has 0 fully saturated rings. The van der Waals surface area contributed by atoms with Crippen LogP contribution in [0.5, 0.6) is 0 Å². The quantitative estimate of drug-likeness (QED) is 0.797. The van der Waals surface area contributed by atoms with E-state index in [0.717, 1.165) is 5.56 Å². The van der Waals surface area contributed by atoms with E-state index in [1.165, 1.54) is 5.56 Å². The molecule has 0 aromatic carbocycles. The topological polar surface area (TPSA) is 50.2 Å². The van der Waals surface area contributed by atoms with Crippen LogP contribution >= 0.6 is 0 Å². The third-order valence-electron chi connectivity index (χ3n) is 2.17. The molecule has 1 N–H and O–H groups in total. The van der Waals surface area contributed by atoms with Crippen molar-refractivity contribution in [2.45, 2.75) is 32.6 Å². The van der Waals surface area contributed by atoms with Crippen molar-refractivity contribution in [3.05, 3.63) is 29.6 Å². The molecule has 14 heavy (non-hydrogen) atoms. The molecule has 0 aliphatic carbocycles. The SMILES string of the molecule is CC(C)c1ccncc1CCC(=O)O. The number of carboxylic acids is 1. The molecule has 3 heteroatoms. The van der Waals surface area contributed by atoms with Gasteiger partial charge in [-0.3, -0.25) is 9.78 Å². The Labute approximate surface area is 83.8 Å². The van der Waals surface area contributed by atoms with Crippen molar-refractivity contribution in [3.8, 4) is 0 Å². The number of hydrogen-bond acceptors (Lipinski definition) is 2. The third-order valence-corrected chi connectivity index (χ3v) is 2.17. The van der Waals surface area contributed by atoms with Gasteiger partial charge in [-0.2, -0.15) is 0 Å². The summed E-state index contributed by atoms with van der Waals surface area (Å²) in [6, 6.07) is 1.96. The first-order valence-electron chi connectivity index (χ1n) is 4.76. The zero-order valence-electron chi connectivity index (χ0n) is 8.53. The molecule has 0 saturated heterocycles. The summed E-state index contributed by atoms with van der Waals surface area (Å²) in [6.45, 7) is 4.19. The second-order valence-electron chi connectivity index (χ2n) is 3.62. The van der Waals surface area contributed by atoms with Crippen molar-refractivity contribution in [2.75, 3.05) is 0 Å². The molecule has 0 aliphatic heterocycles. The Morgan fingerprint density at radius 2 is 2.29 bits per heavy atom. The van der Waals surface area contributed by atoms with E-state index >= 15 is 0 Å². The molecule has 0 bridgehead atoms. The van der Waals surface area contributed by atoms with Crippen LogP contribution in [0.15, 0.2) is 18.5 Å². The molecule has 0 unspecified atom stereocenters. The lowest BCUT2D eigenvalue weighted by molar-refractivity contribution is -0.136. The van der Waals surface area contributed by atoms with Gasteiger partial charge < -0.3 is 5.11 Å². The normalized spacial score (nSPS) is 10.5. The lowest BCUT2D eigenvalue weighted by Gasteiger charge is -2.10. The minimum atomic E-state index is -0.761. The van der Waals surface area contributed by atoms with Gasteiger partial charge in [0, 0.05) is 18.8 Å². The number of hydrogen-bond donors (Lipinski definition) is 1. The monoisotopic (exact) mass is 193 g/mol. The molecule has 0 radical (unpaired) electrons. The van der Waals surface area contributed by atoms with E-state index in [4.69, 9.17) is 5.11 Å². The predicted octanol–water partition coefficient (Wildman–Crippen LogP) is 2.22. The number of carboxylic acid groups (broad SMARTS) is 1. The molecule has 1 heterocycles. The van der Waals surface area contributed by atoms with Crippen LogP contribution in [0, 0.1) is 0 Å². The first-order chi connectivity index (χ1) is 6.61. The lowest BCUT2D eigenvalue weighted by atomic mass is 9.97. The van der Waals surface area contributed by atoms with Gasteiger partial charge in [-0.1, -0.05) is 13.8 Å². The molecule has 0 aliphatic rings. The van der Waals surface area contributed by atoms with E-state index in [1.807, 2.05) is 6.07 Å². The maximum Gasteiger partial charge on any atom is 0.303 e. The Hall–Kier alpha value is -1.38.